The summed E-state index contributed by atoms with van der Waals surface area (Å²) in [5, 5.41) is 8.61. The van der Waals surface area contributed by atoms with Crippen LogP contribution in [0, 0.1) is 5.92 Å². The lowest BCUT2D eigenvalue weighted by Gasteiger charge is -2.27. The predicted molar refractivity (Wildman–Crippen MR) is 143 cm³/mol. The van der Waals surface area contributed by atoms with Crippen molar-refractivity contribution in [3.8, 4) is 0 Å². The highest BCUT2D eigenvalue weighted by atomic mass is 79.9. The van der Waals surface area contributed by atoms with Crippen LogP contribution in [0.1, 0.15) is 58.6 Å². The molecule has 1 heterocycles. The van der Waals surface area contributed by atoms with Crippen LogP contribution in [0.5, 0.6) is 0 Å². The van der Waals surface area contributed by atoms with Gasteiger partial charge >= 0.3 is 5.91 Å². The summed E-state index contributed by atoms with van der Waals surface area (Å²) >= 11 is 16.1. The van der Waals surface area contributed by atoms with E-state index in [0.29, 0.717) is 15.8 Å². The zero-order chi connectivity index (χ0) is 24.5. The van der Waals surface area contributed by atoms with E-state index in [9.17, 15) is 4.79 Å². The maximum Gasteiger partial charge on any atom is 0.312 e. The minimum Gasteiger partial charge on any atom is -0.263 e. The van der Waals surface area contributed by atoms with Gasteiger partial charge in [0.15, 0.2) is 0 Å². The van der Waals surface area contributed by atoms with Gasteiger partial charge in [0.05, 0.1) is 30.3 Å². The van der Waals surface area contributed by atoms with Crippen LogP contribution >= 0.6 is 39.1 Å². The lowest BCUT2D eigenvalue weighted by Crippen LogP contribution is -3.16. The minimum atomic E-state index is -0.159. The van der Waals surface area contributed by atoms with E-state index in [4.69, 9.17) is 28.3 Å². The van der Waals surface area contributed by atoms with Crippen LogP contribution in [0.3, 0.4) is 0 Å². The highest BCUT2D eigenvalue weighted by Crippen LogP contribution is 2.42. The van der Waals surface area contributed by atoms with E-state index in [1.165, 1.54) is 0 Å². The van der Waals surface area contributed by atoms with Gasteiger partial charge in [0.2, 0.25) is 0 Å². The normalized spacial score (nSPS) is 18.3. The van der Waals surface area contributed by atoms with E-state index in [1.54, 1.807) is 12.1 Å². The smallest absolute Gasteiger partial charge is 0.263 e. The van der Waals surface area contributed by atoms with Crippen molar-refractivity contribution < 1.29 is 9.80 Å². The quantitative estimate of drug-likeness (QED) is 0.306. The van der Waals surface area contributed by atoms with E-state index >= 15 is 0 Å². The largest absolute Gasteiger partial charge is 0.312 e. The van der Waals surface area contributed by atoms with E-state index in [0.717, 1.165) is 46.5 Å². The molecule has 2 aromatic rings. The van der Waals surface area contributed by atoms with E-state index in [2.05, 4.69) is 28.3 Å². The molecule has 0 bridgehead atoms. The predicted octanol–water partition coefficient (Wildman–Crippen LogP) is 6.07. The monoisotopic (exact) mass is 555 g/mol. The maximum atomic E-state index is 13.1. The van der Waals surface area contributed by atoms with Crippen molar-refractivity contribution in [1.29, 1.82) is 0 Å². The Balaban J connectivity index is 0.00000187. The van der Waals surface area contributed by atoms with Crippen molar-refractivity contribution in [2.24, 2.45) is 11.0 Å². The Morgan fingerprint density at radius 3 is 2.42 bits per heavy atom. The fourth-order valence-electron chi connectivity index (χ4n) is 3.80. The topological polar surface area (TPSA) is 49.1 Å². The van der Waals surface area contributed by atoms with Gasteiger partial charge in [-0.25, -0.2) is 5.01 Å². The summed E-state index contributed by atoms with van der Waals surface area (Å²) < 4.78 is 0.995. The Labute approximate surface area is 216 Å². The molecule has 3 rings (SSSR count). The minimum absolute atomic E-state index is 0.128. The number of rotatable bonds is 8. The summed E-state index contributed by atoms with van der Waals surface area (Å²) in [4.78, 5) is 13.1. The number of carbonyl (C=O) groups excluding carboxylic acids is 1. The fraction of sp³-hybridized carbons (Fsp3) is 0.440. The van der Waals surface area contributed by atoms with Gasteiger partial charge in [-0.3, -0.25) is 9.80 Å². The molecule has 1 aliphatic heterocycles. The Bertz CT molecular complexity index is 952. The molecule has 2 aromatic carbocycles. The molecule has 0 fully saturated rings. The summed E-state index contributed by atoms with van der Waals surface area (Å²) in [5.41, 5.74) is 5.31. The van der Waals surface area contributed by atoms with Gasteiger partial charge in [0.25, 0.3) is 0 Å². The van der Waals surface area contributed by atoms with Crippen LogP contribution in [-0.2, 0) is 4.79 Å². The molecule has 5 nitrogen and oxygen atoms in total. The standard InChI is InChI=1S/C23H27BrCl2N4O.C2H6/c1-4-5-6-13-29(3)28-23(31)21-15(2)22(16-7-9-17(24)10-8-16)30(27-21)20-12-11-18(25)14-19(20)26;1-2/h7-12,14-15,22H,4-6,13H2,1-3H3,(H,28,31);1-2H3/p+1/t15-,22?;/m1./s1. The lowest BCUT2D eigenvalue weighted by molar-refractivity contribution is -0.916. The van der Waals surface area contributed by atoms with Gasteiger partial charge in [0.1, 0.15) is 5.71 Å². The number of amides is 1. The van der Waals surface area contributed by atoms with E-state index in [1.807, 2.05) is 63.2 Å². The average molecular weight is 557 g/mol. The number of benzene rings is 2. The molecular weight excluding hydrogens is 523 g/mol. The summed E-state index contributed by atoms with van der Waals surface area (Å²) in [5.74, 6) is -0.285. The number of hydrogen-bond acceptors (Lipinski definition) is 3. The molecule has 180 valence electrons. The lowest BCUT2D eigenvalue weighted by atomic mass is 9.91. The van der Waals surface area contributed by atoms with Crippen LogP contribution in [0.25, 0.3) is 0 Å². The van der Waals surface area contributed by atoms with Gasteiger partial charge in [-0.2, -0.15) is 10.5 Å². The van der Waals surface area contributed by atoms with Crippen LogP contribution in [0.4, 0.5) is 5.69 Å². The van der Waals surface area contributed by atoms with Crippen molar-refractivity contribution in [1.82, 2.24) is 5.43 Å². The summed E-state index contributed by atoms with van der Waals surface area (Å²) in [7, 11) is 1.97. The van der Waals surface area contributed by atoms with Crippen molar-refractivity contribution in [3.05, 3.63) is 62.5 Å². The number of hydrogen-bond donors (Lipinski definition) is 2. The first-order valence-electron chi connectivity index (χ1n) is 11.5. The Morgan fingerprint density at radius 2 is 1.82 bits per heavy atom. The number of nitrogens with zero attached hydrogens (tertiary/aromatic N) is 2. The van der Waals surface area contributed by atoms with Gasteiger partial charge in [0, 0.05) is 15.4 Å². The third-order valence-electron chi connectivity index (χ3n) is 5.47. The van der Waals surface area contributed by atoms with Gasteiger partial charge in [-0.05, 0) is 48.7 Å². The second-order valence-corrected chi connectivity index (χ2v) is 9.66. The second kappa shape index (κ2) is 13.3. The third-order valence-corrected chi connectivity index (χ3v) is 6.53. The Kier molecular flexibility index (Phi) is 11.2. The van der Waals surface area contributed by atoms with Crippen LogP contribution < -0.4 is 15.4 Å². The number of nitrogens with one attached hydrogen (secondary N) is 2. The molecule has 1 amide bonds. The van der Waals surface area contributed by atoms with Crippen molar-refractivity contribution in [3.63, 3.8) is 0 Å². The summed E-state index contributed by atoms with van der Waals surface area (Å²) in [6.45, 7) is 9.08. The average Bonchev–Trinajstić information content (AvgIpc) is 3.13. The zero-order valence-electron chi connectivity index (χ0n) is 20.0. The molecule has 0 aliphatic carbocycles. The molecule has 0 saturated carbocycles. The number of anilines is 1. The maximum absolute atomic E-state index is 13.1. The second-order valence-electron chi connectivity index (χ2n) is 7.90. The van der Waals surface area contributed by atoms with Gasteiger partial charge < -0.3 is 0 Å². The first kappa shape index (κ1) is 27.6. The molecule has 3 atom stereocenters. The van der Waals surface area contributed by atoms with Gasteiger partial charge in [-0.1, -0.05) is 85.4 Å². The molecule has 2 N–H and O–H groups in total. The number of unbranched alkanes of at least 4 members (excludes halogenated alkanes) is 2. The van der Waals surface area contributed by atoms with Gasteiger partial charge in [-0.15, -0.1) is 0 Å². The molecule has 2 unspecified atom stereocenters. The van der Waals surface area contributed by atoms with Crippen LogP contribution in [0.15, 0.2) is 52.0 Å². The summed E-state index contributed by atoms with van der Waals surface area (Å²) in [6.07, 6.45) is 3.37. The van der Waals surface area contributed by atoms with E-state index < -0.39 is 0 Å². The first-order chi connectivity index (χ1) is 15.8. The number of carbonyl (C=O) groups is 1. The molecule has 0 radical (unpaired) electrons. The molecule has 0 aromatic heterocycles. The van der Waals surface area contributed by atoms with Crippen molar-refractivity contribution in [2.75, 3.05) is 18.6 Å². The zero-order valence-corrected chi connectivity index (χ0v) is 23.1. The summed E-state index contributed by atoms with van der Waals surface area (Å²) in [6, 6.07) is 13.2. The third kappa shape index (κ3) is 7.19. The fourth-order valence-corrected chi connectivity index (χ4v) is 4.56. The molecular formula is C25H34BrCl2N4O+. The number of halogens is 3. The Morgan fingerprint density at radius 1 is 1.15 bits per heavy atom. The molecule has 8 heteroatoms. The number of quaternary nitrogens is 1. The van der Waals surface area contributed by atoms with E-state index in [-0.39, 0.29) is 17.9 Å². The SMILES string of the molecule is CC.CCCCC[NH+](C)NC(=O)C1=NN(c2ccc(Cl)cc2Cl)C(c2ccc(Br)cc2)[C@@H]1C. The van der Waals surface area contributed by atoms with Crippen molar-refractivity contribution >= 4 is 56.4 Å². The van der Waals surface area contributed by atoms with Crippen LogP contribution in [0.2, 0.25) is 10.0 Å². The highest BCUT2D eigenvalue weighted by Gasteiger charge is 2.40. The molecule has 1 aliphatic rings. The molecule has 33 heavy (non-hydrogen) atoms. The van der Waals surface area contributed by atoms with Crippen molar-refractivity contribution in [2.45, 2.75) is 53.0 Å². The van der Waals surface area contributed by atoms with Crippen LogP contribution in [-0.4, -0.2) is 25.2 Å². The highest BCUT2D eigenvalue weighted by molar-refractivity contribution is 9.10. The Hall–Kier alpha value is -1.60. The first-order valence-corrected chi connectivity index (χ1v) is 13.1. The number of hydrazone groups is 1. The molecule has 0 spiro atoms. The molecule has 0 saturated heterocycles.